The van der Waals surface area contributed by atoms with Gasteiger partial charge in [0, 0.05) is 19.4 Å². The number of rotatable bonds is 51. The number of aliphatic hydroxyl groups excluding tert-OH is 1. The first-order chi connectivity index (χ1) is 30.8. The molecule has 0 aliphatic carbocycles. The quantitative estimate of drug-likeness (QED) is 0.0238. The molecule has 0 aromatic rings. The molecule has 0 fully saturated rings. The van der Waals surface area contributed by atoms with E-state index in [9.17, 15) is 24.2 Å². The number of hydrogen-bond donors (Lipinski definition) is 3. The summed E-state index contributed by atoms with van der Waals surface area (Å²) in [6.45, 7) is 3.59. The van der Waals surface area contributed by atoms with Crippen molar-refractivity contribution in [3.8, 4) is 0 Å². The molecule has 63 heavy (non-hydrogen) atoms. The fraction of sp³-hybridized carbons (Fsp3) is 0.887. The Morgan fingerprint density at radius 2 is 0.810 bits per heavy atom. The molecule has 0 heterocycles. The van der Waals surface area contributed by atoms with Crippen molar-refractivity contribution in [3.05, 3.63) is 24.3 Å². The molecule has 10 heteroatoms. The van der Waals surface area contributed by atoms with Crippen LogP contribution in [0.25, 0.3) is 0 Å². The van der Waals surface area contributed by atoms with Crippen LogP contribution in [0.3, 0.4) is 0 Å². The summed E-state index contributed by atoms with van der Waals surface area (Å²) < 4.78 is 27.0. The molecule has 0 aromatic carbocycles. The van der Waals surface area contributed by atoms with E-state index in [2.05, 4.69) is 43.5 Å². The highest BCUT2D eigenvalue weighted by Crippen LogP contribution is 2.42. The predicted octanol–water partition coefficient (Wildman–Crippen LogP) is 15.9. The zero-order valence-electron chi connectivity index (χ0n) is 41.3. The topological polar surface area (TPSA) is 131 Å². The zero-order valence-corrected chi connectivity index (χ0v) is 42.2. The summed E-state index contributed by atoms with van der Waals surface area (Å²) in [5.74, 6) is -0.508. The van der Waals surface area contributed by atoms with Crippen LogP contribution in [-0.4, -0.2) is 54.3 Å². The number of esters is 1. The summed E-state index contributed by atoms with van der Waals surface area (Å²) in [5, 5.41) is 12.8. The van der Waals surface area contributed by atoms with E-state index < -0.39 is 26.5 Å². The Bertz CT molecular complexity index is 1090. The number of aliphatic hydroxyl groups is 1. The normalized spacial score (nSPS) is 13.3. The first-order valence-corrected chi connectivity index (χ1v) is 28.3. The monoisotopic (exact) mass is 912 g/mol. The van der Waals surface area contributed by atoms with E-state index in [-0.39, 0.29) is 32.1 Å². The van der Waals surface area contributed by atoms with E-state index in [0.29, 0.717) is 6.42 Å². The van der Waals surface area contributed by atoms with Gasteiger partial charge in [-0.15, -0.1) is 0 Å². The first kappa shape index (κ1) is 61.5. The number of carbonyl (C=O) groups is 2. The zero-order chi connectivity index (χ0) is 46.0. The maximum Gasteiger partial charge on any atom is 0.472 e. The van der Waals surface area contributed by atoms with Crippen LogP contribution >= 0.6 is 7.82 Å². The molecule has 0 saturated carbocycles. The first-order valence-electron chi connectivity index (χ1n) is 26.8. The van der Waals surface area contributed by atoms with E-state index in [0.717, 1.165) is 38.5 Å². The highest BCUT2D eigenvalue weighted by molar-refractivity contribution is 7.47. The summed E-state index contributed by atoms with van der Waals surface area (Å²) in [4.78, 5) is 34.1. The van der Waals surface area contributed by atoms with Crippen molar-refractivity contribution in [3.63, 3.8) is 0 Å². The minimum absolute atomic E-state index is 0.0833. The van der Waals surface area contributed by atoms with Gasteiger partial charge in [0.1, 0.15) is 12.7 Å². The van der Waals surface area contributed by atoms with Crippen LogP contribution in [0.5, 0.6) is 0 Å². The number of phosphoric acid groups is 1. The van der Waals surface area contributed by atoms with E-state index >= 15 is 0 Å². The van der Waals surface area contributed by atoms with Gasteiger partial charge in [0.2, 0.25) is 5.91 Å². The van der Waals surface area contributed by atoms with Crippen molar-refractivity contribution in [2.75, 3.05) is 26.4 Å². The number of hydrogen-bond acceptors (Lipinski definition) is 7. The third kappa shape index (κ3) is 51.3. The number of allylic oxidation sites excluding steroid dienone is 4. The number of amides is 1. The van der Waals surface area contributed by atoms with Crippen molar-refractivity contribution in [2.24, 2.45) is 0 Å². The molecule has 372 valence electrons. The van der Waals surface area contributed by atoms with Crippen molar-refractivity contribution in [1.82, 2.24) is 5.32 Å². The summed E-state index contributed by atoms with van der Waals surface area (Å²) in [5.41, 5.74) is 0. The lowest BCUT2D eigenvalue weighted by atomic mass is 10.0. The third-order valence-corrected chi connectivity index (χ3v) is 12.8. The van der Waals surface area contributed by atoms with Gasteiger partial charge in [-0.3, -0.25) is 18.6 Å². The van der Waals surface area contributed by atoms with E-state index in [1.807, 2.05) is 0 Å². The molecular formula is C53H102NO8P. The fourth-order valence-electron chi connectivity index (χ4n) is 7.78. The number of nitrogens with one attached hydrogen (secondary N) is 1. The molecule has 0 rings (SSSR count). The maximum atomic E-state index is 12.2. The van der Waals surface area contributed by atoms with Gasteiger partial charge in [-0.25, -0.2) is 4.57 Å². The van der Waals surface area contributed by atoms with Crippen LogP contribution in [0.2, 0.25) is 0 Å². The number of unbranched alkanes of at least 4 members (excludes halogenated alkanes) is 34. The van der Waals surface area contributed by atoms with Crippen LogP contribution in [0.4, 0.5) is 0 Å². The SMILES string of the molecule is CCCCCCCC/C=C/CCCCCCCCCCCCCCCC(=O)OCC(O)COP(=O)(O)OCCNC(=O)CCCCCCCCCCC/C=C/CCCCCCCC. The Morgan fingerprint density at radius 3 is 1.19 bits per heavy atom. The lowest BCUT2D eigenvalue weighted by Crippen LogP contribution is -2.27. The van der Waals surface area contributed by atoms with E-state index in [1.54, 1.807) is 0 Å². The van der Waals surface area contributed by atoms with Gasteiger partial charge in [-0.1, -0.05) is 218 Å². The summed E-state index contributed by atoms with van der Waals surface area (Å²) in [6, 6.07) is 0. The Balaban J connectivity index is 3.52. The molecule has 0 bridgehead atoms. The highest BCUT2D eigenvalue weighted by atomic mass is 31.2. The van der Waals surface area contributed by atoms with Gasteiger partial charge in [0.15, 0.2) is 0 Å². The standard InChI is InChI=1S/C53H102NO8P/c1-3-5-7-9-11-13-15-17-19-21-23-24-25-26-28-30-32-34-36-38-40-42-44-46-53(57)60-49-51(55)50-62-63(58,59)61-48-47-54-52(56)45-43-41-39-37-35-33-31-29-27-22-20-18-16-14-12-10-8-6-4-2/h17-20,51,55H,3-16,21-50H2,1-2H3,(H,54,56)(H,58,59)/b19-17+,20-18+. The highest BCUT2D eigenvalue weighted by Gasteiger charge is 2.23. The molecule has 3 N–H and O–H groups in total. The van der Waals surface area contributed by atoms with Crippen LogP contribution in [0.15, 0.2) is 24.3 Å². The Morgan fingerprint density at radius 1 is 0.476 bits per heavy atom. The van der Waals surface area contributed by atoms with Crippen molar-refractivity contribution < 1.29 is 37.9 Å². The lowest BCUT2D eigenvalue weighted by molar-refractivity contribution is -0.147. The second-order valence-corrected chi connectivity index (χ2v) is 19.6. The smallest absolute Gasteiger partial charge is 0.463 e. The number of carbonyl (C=O) groups excluding carboxylic acids is 2. The van der Waals surface area contributed by atoms with Gasteiger partial charge in [-0.2, -0.15) is 0 Å². The average molecular weight is 912 g/mol. The minimum atomic E-state index is -4.42. The third-order valence-electron chi connectivity index (χ3n) is 11.9. The molecule has 0 spiro atoms. The Kier molecular flexibility index (Phi) is 48.7. The predicted molar refractivity (Wildman–Crippen MR) is 266 cm³/mol. The van der Waals surface area contributed by atoms with E-state index in [1.165, 1.54) is 205 Å². The molecular weight excluding hydrogens is 810 g/mol. The second-order valence-electron chi connectivity index (χ2n) is 18.2. The molecule has 2 atom stereocenters. The van der Waals surface area contributed by atoms with Gasteiger partial charge < -0.3 is 20.1 Å². The Labute approximate surface area is 389 Å². The van der Waals surface area contributed by atoms with Crippen LogP contribution < -0.4 is 5.32 Å². The molecule has 0 radical (unpaired) electrons. The average Bonchev–Trinajstić information content (AvgIpc) is 3.27. The van der Waals surface area contributed by atoms with Gasteiger partial charge in [0.05, 0.1) is 13.2 Å². The molecule has 0 saturated heterocycles. The molecule has 1 amide bonds. The molecule has 2 unspecified atom stereocenters. The van der Waals surface area contributed by atoms with Crippen LogP contribution in [-0.2, 0) is 27.9 Å². The Hall–Kier alpha value is -1.51. The minimum Gasteiger partial charge on any atom is -0.463 e. The van der Waals surface area contributed by atoms with Crippen LogP contribution in [0.1, 0.15) is 271 Å². The van der Waals surface area contributed by atoms with Crippen molar-refractivity contribution in [1.29, 1.82) is 0 Å². The summed E-state index contributed by atoms with van der Waals surface area (Å²) in [6.07, 6.45) is 56.9. The lowest BCUT2D eigenvalue weighted by Gasteiger charge is -2.15. The van der Waals surface area contributed by atoms with Gasteiger partial charge in [0.25, 0.3) is 0 Å². The molecule has 0 aromatic heterocycles. The second kappa shape index (κ2) is 49.9. The molecule has 0 aliphatic rings. The molecule has 9 nitrogen and oxygen atoms in total. The van der Waals surface area contributed by atoms with Gasteiger partial charge in [-0.05, 0) is 64.2 Å². The number of phosphoric ester groups is 1. The summed E-state index contributed by atoms with van der Waals surface area (Å²) in [7, 11) is -4.42. The van der Waals surface area contributed by atoms with E-state index in [4.69, 9.17) is 13.8 Å². The van der Waals surface area contributed by atoms with Gasteiger partial charge >= 0.3 is 13.8 Å². The maximum absolute atomic E-state index is 12.2. The number of ether oxygens (including phenoxy) is 1. The fourth-order valence-corrected chi connectivity index (χ4v) is 8.54. The molecule has 0 aliphatic heterocycles. The van der Waals surface area contributed by atoms with Crippen molar-refractivity contribution in [2.45, 2.75) is 277 Å². The van der Waals surface area contributed by atoms with Crippen LogP contribution in [0, 0.1) is 0 Å². The largest absolute Gasteiger partial charge is 0.472 e. The summed E-state index contributed by atoms with van der Waals surface area (Å²) >= 11 is 0. The van der Waals surface area contributed by atoms with Crippen molar-refractivity contribution >= 4 is 19.7 Å².